The SMILES string of the molecule is Cc1cc(S(=O)(=O)NC2CCC(C)C2C)sc1CO. The van der Waals surface area contributed by atoms with Crippen LogP contribution in [-0.4, -0.2) is 19.6 Å². The lowest BCUT2D eigenvalue weighted by atomic mass is 9.98. The summed E-state index contributed by atoms with van der Waals surface area (Å²) in [5, 5.41) is 9.15. The number of thiophene rings is 1. The molecule has 0 spiro atoms. The number of hydrogen-bond acceptors (Lipinski definition) is 4. The monoisotopic (exact) mass is 303 g/mol. The van der Waals surface area contributed by atoms with Crippen LogP contribution < -0.4 is 4.72 Å². The van der Waals surface area contributed by atoms with E-state index in [-0.39, 0.29) is 12.6 Å². The van der Waals surface area contributed by atoms with Crippen molar-refractivity contribution < 1.29 is 13.5 Å². The molecule has 0 amide bonds. The largest absolute Gasteiger partial charge is 0.391 e. The van der Waals surface area contributed by atoms with E-state index in [0.29, 0.717) is 20.9 Å². The highest BCUT2D eigenvalue weighted by Crippen LogP contribution is 2.33. The summed E-state index contributed by atoms with van der Waals surface area (Å²) in [7, 11) is -3.45. The Kier molecular flexibility index (Phi) is 4.35. The zero-order valence-corrected chi connectivity index (χ0v) is 13.1. The first-order chi connectivity index (χ1) is 8.85. The van der Waals surface area contributed by atoms with Gasteiger partial charge in [0.1, 0.15) is 4.21 Å². The molecule has 108 valence electrons. The number of aliphatic hydroxyl groups is 1. The molecule has 1 heterocycles. The van der Waals surface area contributed by atoms with E-state index in [1.165, 1.54) is 0 Å². The van der Waals surface area contributed by atoms with E-state index in [1.54, 1.807) is 6.07 Å². The molecule has 6 heteroatoms. The van der Waals surface area contributed by atoms with Gasteiger partial charge in [-0.3, -0.25) is 0 Å². The summed E-state index contributed by atoms with van der Waals surface area (Å²) in [5.74, 6) is 0.930. The normalized spacial score (nSPS) is 27.9. The Balaban J connectivity index is 2.18. The molecule has 1 aliphatic carbocycles. The van der Waals surface area contributed by atoms with Crippen LogP contribution in [0.15, 0.2) is 10.3 Å². The molecule has 0 bridgehead atoms. The van der Waals surface area contributed by atoms with Gasteiger partial charge in [-0.1, -0.05) is 13.8 Å². The first kappa shape index (κ1) is 15.0. The molecule has 1 fully saturated rings. The maximum Gasteiger partial charge on any atom is 0.250 e. The summed E-state index contributed by atoms with van der Waals surface area (Å²) < 4.78 is 27.8. The minimum absolute atomic E-state index is 0.0278. The number of aliphatic hydroxyl groups excluding tert-OH is 1. The summed E-state index contributed by atoms with van der Waals surface area (Å²) in [6.45, 7) is 5.98. The number of hydrogen-bond donors (Lipinski definition) is 2. The lowest BCUT2D eigenvalue weighted by Crippen LogP contribution is -2.36. The molecule has 0 aromatic carbocycles. The van der Waals surface area contributed by atoms with Crippen LogP contribution >= 0.6 is 11.3 Å². The molecule has 0 radical (unpaired) electrons. The van der Waals surface area contributed by atoms with E-state index < -0.39 is 10.0 Å². The van der Waals surface area contributed by atoms with Crippen LogP contribution in [0.25, 0.3) is 0 Å². The molecule has 1 aromatic heterocycles. The zero-order valence-electron chi connectivity index (χ0n) is 11.5. The third kappa shape index (κ3) is 3.02. The summed E-state index contributed by atoms with van der Waals surface area (Å²) in [6, 6.07) is 1.67. The van der Waals surface area contributed by atoms with Gasteiger partial charge in [0, 0.05) is 10.9 Å². The number of aryl methyl sites for hydroxylation is 1. The van der Waals surface area contributed by atoms with Gasteiger partial charge in [0.25, 0.3) is 0 Å². The van der Waals surface area contributed by atoms with Crippen LogP contribution in [0.5, 0.6) is 0 Å². The molecule has 4 nitrogen and oxygen atoms in total. The Bertz CT molecular complexity index is 550. The fourth-order valence-electron chi connectivity index (χ4n) is 2.57. The van der Waals surface area contributed by atoms with Crippen molar-refractivity contribution >= 4 is 21.4 Å². The van der Waals surface area contributed by atoms with Crippen molar-refractivity contribution in [2.24, 2.45) is 11.8 Å². The van der Waals surface area contributed by atoms with Gasteiger partial charge in [-0.25, -0.2) is 13.1 Å². The van der Waals surface area contributed by atoms with Crippen molar-refractivity contribution in [3.05, 3.63) is 16.5 Å². The third-order valence-corrected chi connectivity index (χ3v) is 7.36. The van der Waals surface area contributed by atoms with Gasteiger partial charge in [-0.05, 0) is 43.2 Å². The van der Waals surface area contributed by atoms with E-state index >= 15 is 0 Å². The first-order valence-electron chi connectivity index (χ1n) is 6.57. The minimum atomic E-state index is -3.45. The van der Waals surface area contributed by atoms with E-state index in [0.717, 1.165) is 29.7 Å². The molecular formula is C13H21NO3S2. The molecule has 1 aromatic rings. The van der Waals surface area contributed by atoms with Crippen LogP contribution in [0.4, 0.5) is 0 Å². The molecule has 0 aliphatic heterocycles. The van der Waals surface area contributed by atoms with Crippen molar-refractivity contribution in [1.29, 1.82) is 0 Å². The van der Waals surface area contributed by atoms with Crippen molar-refractivity contribution in [3.63, 3.8) is 0 Å². The zero-order chi connectivity index (χ0) is 14.2. The molecular weight excluding hydrogens is 282 g/mol. The fourth-order valence-corrected chi connectivity index (χ4v) is 5.39. The van der Waals surface area contributed by atoms with Gasteiger partial charge in [-0.15, -0.1) is 11.3 Å². The van der Waals surface area contributed by atoms with Crippen molar-refractivity contribution in [3.8, 4) is 0 Å². The highest BCUT2D eigenvalue weighted by molar-refractivity contribution is 7.91. The quantitative estimate of drug-likeness (QED) is 0.896. The molecule has 2 N–H and O–H groups in total. The molecule has 1 aliphatic rings. The second kappa shape index (κ2) is 5.52. The average molecular weight is 303 g/mol. The molecule has 0 saturated heterocycles. The molecule has 3 atom stereocenters. The highest BCUT2D eigenvalue weighted by Gasteiger charge is 2.33. The van der Waals surface area contributed by atoms with Crippen molar-refractivity contribution in [2.75, 3.05) is 0 Å². The number of nitrogens with one attached hydrogen (secondary N) is 1. The highest BCUT2D eigenvalue weighted by atomic mass is 32.2. The van der Waals surface area contributed by atoms with Crippen LogP contribution in [0.2, 0.25) is 0 Å². The minimum Gasteiger partial charge on any atom is -0.391 e. The number of sulfonamides is 1. The van der Waals surface area contributed by atoms with Crippen molar-refractivity contribution in [2.45, 2.75) is 50.5 Å². The standard InChI is InChI=1S/C13H21NO3S2/c1-8-4-5-11(10(8)3)14-19(16,17)13-6-9(2)12(7-15)18-13/h6,8,10-11,14-15H,4-5,7H2,1-3H3. The smallest absolute Gasteiger partial charge is 0.250 e. The first-order valence-corrected chi connectivity index (χ1v) is 8.87. The van der Waals surface area contributed by atoms with Gasteiger partial charge >= 0.3 is 0 Å². The van der Waals surface area contributed by atoms with Crippen LogP contribution in [0, 0.1) is 18.8 Å². The predicted molar refractivity (Wildman–Crippen MR) is 76.7 cm³/mol. The average Bonchev–Trinajstić information content (AvgIpc) is 2.87. The Morgan fingerprint density at radius 3 is 2.58 bits per heavy atom. The summed E-state index contributed by atoms with van der Waals surface area (Å²) in [6.07, 6.45) is 1.97. The molecule has 19 heavy (non-hydrogen) atoms. The maximum absolute atomic E-state index is 12.3. The van der Waals surface area contributed by atoms with Crippen LogP contribution in [0.3, 0.4) is 0 Å². The van der Waals surface area contributed by atoms with E-state index in [2.05, 4.69) is 18.6 Å². The summed E-state index contributed by atoms with van der Waals surface area (Å²) in [4.78, 5) is 0.716. The van der Waals surface area contributed by atoms with Gasteiger partial charge < -0.3 is 5.11 Å². The van der Waals surface area contributed by atoms with E-state index in [9.17, 15) is 8.42 Å². The number of rotatable bonds is 4. The van der Waals surface area contributed by atoms with Gasteiger partial charge in [0.15, 0.2) is 0 Å². The second-order valence-electron chi connectivity index (χ2n) is 5.47. The van der Waals surface area contributed by atoms with E-state index in [4.69, 9.17) is 5.11 Å². The second-order valence-corrected chi connectivity index (χ2v) is 8.55. The van der Waals surface area contributed by atoms with Gasteiger partial charge in [0.05, 0.1) is 6.61 Å². The van der Waals surface area contributed by atoms with Crippen LogP contribution in [-0.2, 0) is 16.6 Å². The van der Waals surface area contributed by atoms with Crippen molar-refractivity contribution in [1.82, 2.24) is 4.72 Å². The molecule has 2 rings (SSSR count). The third-order valence-electron chi connectivity index (χ3n) is 4.18. The summed E-state index contributed by atoms with van der Waals surface area (Å²) in [5.41, 5.74) is 0.834. The topological polar surface area (TPSA) is 66.4 Å². The fraction of sp³-hybridized carbons (Fsp3) is 0.692. The lowest BCUT2D eigenvalue weighted by molar-refractivity contribution is 0.285. The Labute approximate surface area is 118 Å². The molecule has 3 unspecified atom stereocenters. The van der Waals surface area contributed by atoms with Crippen LogP contribution in [0.1, 0.15) is 37.1 Å². The van der Waals surface area contributed by atoms with E-state index in [1.807, 2.05) is 6.92 Å². The summed E-state index contributed by atoms with van der Waals surface area (Å²) >= 11 is 1.15. The Hall–Kier alpha value is -0.430. The maximum atomic E-state index is 12.3. The van der Waals surface area contributed by atoms with Gasteiger partial charge in [-0.2, -0.15) is 0 Å². The predicted octanol–water partition coefficient (Wildman–Crippen LogP) is 2.26. The Morgan fingerprint density at radius 2 is 2.11 bits per heavy atom. The Morgan fingerprint density at radius 1 is 1.42 bits per heavy atom. The van der Waals surface area contributed by atoms with Gasteiger partial charge in [0.2, 0.25) is 10.0 Å². The lowest BCUT2D eigenvalue weighted by Gasteiger charge is -2.19. The molecule has 1 saturated carbocycles.